The quantitative estimate of drug-likeness (QED) is 0.453. The van der Waals surface area contributed by atoms with Crippen molar-refractivity contribution in [2.75, 3.05) is 31.5 Å². The topological polar surface area (TPSA) is 128 Å². The molecule has 0 aromatic heterocycles. The van der Waals surface area contributed by atoms with E-state index in [1.165, 1.54) is 17.0 Å². The minimum absolute atomic E-state index is 0.0461. The fourth-order valence-corrected chi connectivity index (χ4v) is 5.30. The van der Waals surface area contributed by atoms with E-state index in [4.69, 9.17) is 4.74 Å². The van der Waals surface area contributed by atoms with Crippen LogP contribution in [0, 0.1) is 11.7 Å². The van der Waals surface area contributed by atoms with E-state index in [1.807, 2.05) is 20.8 Å². The number of fused-ring (bicyclic) bond motifs is 1. The van der Waals surface area contributed by atoms with Crippen LogP contribution in [0.15, 0.2) is 47.4 Å². The molecule has 10 nitrogen and oxygen atoms in total. The summed E-state index contributed by atoms with van der Waals surface area (Å²) in [7, 11) is -2.35. The Hall–Kier alpha value is -3.38. The Balaban J connectivity index is 1.95. The number of aliphatic hydroxyl groups is 1. The first kappa shape index (κ1) is 30.2. The summed E-state index contributed by atoms with van der Waals surface area (Å²) in [4.78, 5) is 28.9. The number of nitrogens with one attached hydrogen (secondary N) is 2. The third-order valence-electron chi connectivity index (χ3n) is 6.51. The second kappa shape index (κ2) is 12.6. The van der Waals surface area contributed by atoms with Crippen molar-refractivity contribution in [2.24, 2.45) is 5.92 Å². The van der Waals surface area contributed by atoms with Crippen molar-refractivity contribution in [2.45, 2.75) is 57.2 Å². The Labute approximate surface area is 229 Å². The van der Waals surface area contributed by atoms with E-state index < -0.39 is 28.0 Å². The third kappa shape index (κ3) is 7.82. The fraction of sp³-hybridized carbons (Fsp3) is 0.481. The number of hydrogen-bond acceptors (Lipinski definition) is 6. The Morgan fingerprint density at radius 1 is 1.21 bits per heavy atom. The summed E-state index contributed by atoms with van der Waals surface area (Å²) in [5.74, 6) is -0.626. The van der Waals surface area contributed by atoms with E-state index >= 15 is 0 Å². The predicted octanol–water partition coefficient (Wildman–Crippen LogP) is 2.83. The van der Waals surface area contributed by atoms with E-state index in [0.717, 1.165) is 24.3 Å². The summed E-state index contributed by atoms with van der Waals surface area (Å²) in [5.41, 5.74) is 0.649. The monoisotopic (exact) mass is 564 g/mol. The summed E-state index contributed by atoms with van der Waals surface area (Å²) in [6, 6.07) is 8.31. The van der Waals surface area contributed by atoms with Crippen molar-refractivity contribution in [3.8, 4) is 5.75 Å². The first-order valence-electron chi connectivity index (χ1n) is 12.8. The van der Waals surface area contributed by atoms with Crippen molar-refractivity contribution in [1.82, 2.24) is 15.1 Å². The van der Waals surface area contributed by atoms with Crippen molar-refractivity contribution in [1.29, 1.82) is 0 Å². The zero-order valence-electron chi connectivity index (χ0n) is 22.8. The molecule has 0 radical (unpaired) electrons. The molecule has 0 saturated carbocycles. The molecule has 39 heavy (non-hydrogen) atoms. The number of carbonyl (C=O) groups is 2. The molecular formula is C27H37FN4O6S. The first-order valence-corrected chi connectivity index (χ1v) is 14.3. The van der Waals surface area contributed by atoms with Crippen molar-refractivity contribution in [3.63, 3.8) is 0 Å². The molecule has 0 aliphatic carbocycles. The molecule has 1 aliphatic rings. The molecule has 3 N–H and O–H groups in total. The van der Waals surface area contributed by atoms with Gasteiger partial charge in [0, 0.05) is 36.8 Å². The lowest BCUT2D eigenvalue weighted by molar-refractivity contribution is -0.134. The lowest BCUT2D eigenvalue weighted by Crippen LogP contribution is -2.49. The molecule has 2 aromatic rings. The number of anilines is 1. The van der Waals surface area contributed by atoms with E-state index in [-0.39, 0.29) is 54.1 Å². The molecule has 0 fully saturated rings. The molecular weight excluding hydrogens is 527 g/mol. The van der Waals surface area contributed by atoms with Gasteiger partial charge < -0.3 is 25.0 Å². The number of rotatable bonds is 8. The van der Waals surface area contributed by atoms with Crippen LogP contribution in [-0.4, -0.2) is 80.2 Å². The Morgan fingerprint density at radius 2 is 1.87 bits per heavy atom. The molecule has 0 unspecified atom stereocenters. The smallest absolute Gasteiger partial charge is 0.317 e. The standard InChI is InChI=1S/C27H37FN4O6S/c1-17(2)29-27(35)31(5)15-25-18(3)14-32(19(4)16-33)26(34)13-20-12-22(8-11-24(20)38-25)30-39(36,37)23-9-6-21(28)7-10-23/h6-12,17-19,25,30,33H,13-16H2,1-5H3,(H,29,35)/t18-,19-,25-/m1/s1. The summed E-state index contributed by atoms with van der Waals surface area (Å²) in [6.45, 7) is 7.68. The van der Waals surface area contributed by atoms with Gasteiger partial charge in [0.05, 0.1) is 30.5 Å². The molecule has 3 rings (SSSR count). The van der Waals surface area contributed by atoms with Gasteiger partial charge in [-0.15, -0.1) is 0 Å². The molecule has 12 heteroatoms. The van der Waals surface area contributed by atoms with Gasteiger partial charge in [-0.05, 0) is 63.2 Å². The second-order valence-corrected chi connectivity index (χ2v) is 11.9. The summed E-state index contributed by atoms with van der Waals surface area (Å²) >= 11 is 0. The van der Waals surface area contributed by atoms with E-state index in [0.29, 0.717) is 17.9 Å². The molecule has 0 spiro atoms. The maximum atomic E-state index is 13.3. The number of nitrogens with zero attached hydrogens (tertiary/aromatic N) is 2. The minimum atomic E-state index is -4.01. The summed E-state index contributed by atoms with van der Waals surface area (Å²) in [6.07, 6.45) is -0.595. The third-order valence-corrected chi connectivity index (χ3v) is 7.90. The number of amides is 3. The van der Waals surface area contributed by atoms with E-state index in [1.54, 1.807) is 24.9 Å². The van der Waals surface area contributed by atoms with E-state index in [9.17, 15) is 27.5 Å². The second-order valence-electron chi connectivity index (χ2n) is 10.3. The van der Waals surface area contributed by atoms with Crippen LogP contribution in [0.5, 0.6) is 5.75 Å². The maximum Gasteiger partial charge on any atom is 0.317 e. The van der Waals surface area contributed by atoms with Gasteiger partial charge in [0.25, 0.3) is 10.0 Å². The average molecular weight is 565 g/mol. The van der Waals surface area contributed by atoms with Gasteiger partial charge >= 0.3 is 6.03 Å². The zero-order chi connectivity index (χ0) is 28.9. The van der Waals surface area contributed by atoms with Gasteiger partial charge in [0.1, 0.15) is 17.7 Å². The highest BCUT2D eigenvalue weighted by molar-refractivity contribution is 7.92. The number of aliphatic hydroxyl groups excluding tert-OH is 1. The van der Waals surface area contributed by atoms with Crippen LogP contribution in [0.25, 0.3) is 0 Å². The van der Waals surface area contributed by atoms with Gasteiger partial charge in [0.15, 0.2) is 0 Å². The van der Waals surface area contributed by atoms with Gasteiger partial charge in [-0.1, -0.05) is 6.92 Å². The van der Waals surface area contributed by atoms with Crippen LogP contribution in [0.4, 0.5) is 14.9 Å². The van der Waals surface area contributed by atoms with Crippen LogP contribution in [0.2, 0.25) is 0 Å². The van der Waals surface area contributed by atoms with Crippen LogP contribution in [-0.2, 0) is 21.2 Å². The number of carbonyl (C=O) groups excluding carboxylic acids is 2. The first-order chi connectivity index (χ1) is 18.3. The Morgan fingerprint density at radius 3 is 2.49 bits per heavy atom. The van der Waals surface area contributed by atoms with Gasteiger partial charge in [-0.2, -0.15) is 0 Å². The van der Waals surface area contributed by atoms with Crippen LogP contribution in [0.1, 0.15) is 33.3 Å². The number of benzene rings is 2. The van der Waals surface area contributed by atoms with Crippen molar-refractivity contribution in [3.05, 3.63) is 53.8 Å². The molecule has 0 saturated heterocycles. The van der Waals surface area contributed by atoms with E-state index in [2.05, 4.69) is 10.0 Å². The summed E-state index contributed by atoms with van der Waals surface area (Å²) < 4.78 is 47.8. The van der Waals surface area contributed by atoms with Crippen LogP contribution < -0.4 is 14.8 Å². The molecule has 2 aromatic carbocycles. The van der Waals surface area contributed by atoms with Gasteiger partial charge in [-0.3, -0.25) is 9.52 Å². The number of hydrogen-bond donors (Lipinski definition) is 3. The predicted molar refractivity (Wildman–Crippen MR) is 145 cm³/mol. The van der Waals surface area contributed by atoms with Gasteiger partial charge in [-0.25, -0.2) is 17.6 Å². The minimum Gasteiger partial charge on any atom is -0.488 e. The average Bonchev–Trinajstić information content (AvgIpc) is 2.91. The number of urea groups is 1. The number of ether oxygens (including phenoxy) is 1. The van der Waals surface area contributed by atoms with Crippen LogP contribution in [0.3, 0.4) is 0 Å². The van der Waals surface area contributed by atoms with Crippen molar-refractivity contribution >= 4 is 27.6 Å². The highest BCUT2D eigenvalue weighted by Gasteiger charge is 2.32. The lowest BCUT2D eigenvalue weighted by Gasteiger charge is -2.34. The molecule has 3 atom stereocenters. The molecule has 1 aliphatic heterocycles. The fourth-order valence-electron chi connectivity index (χ4n) is 4.25. The normalized spacial score (nSPS) is 18.8. The SMILES string of the molecule is CC(C)NC(=O)N(C)C[C@H]1Oc2ccc(NS(=O)(=O)c3ccc(F)cc3)cc2CC(=O)N([C@H](C)CO)C[C@H]1C. The maximum absolute atomic E-state index is 13.3. The Bertz CT molecular complexity index is 1270. The number of likely N-dealkylation sites (N-methyl/N-ethyl adjacent to an activating group) is 1. The summed E-state index contributed by atoms with van der Waals surface area (Å²) in [5, 5.41) is 12.6. The zero-order valence-corrected chi connectivity index (χ0v) is 23.7. The van der Waals surface area contributed by atoms with Crippen LogP contribution >= 0.6 is 0 Å². The molecule has 214 valence electrons. The highest BCUT2D eigenvalue weighted by Crippen LogP contribution is 2.30. The van der Waals surface area contributed by atoms with Crippen molar-refractivity contribution < 1.29 is 32.2 Å². The molecule has 3 amide bonds. The largest absolute Gasteiger partial charge is 0.488 e. The van der Waals surface area contributed by atoms with Gasteiger partial charge in [0.2, 0.25) is 5.91 Å². The highest BCUT2D eigenvalue weighted by atomic mass is 32.2. The molecule has 1 heterocycles. The number of halogens is 1. The number of sulfonamides is 1. The Kier molecular flexibility index (Phi) is 9.78. The lowest BCUT2D eigenvalue weighted by atomic mass is 10.0. The molecule has 0 bridgehead atoms.